The number of nitrogens with two attached hydrogens (primary N) is 1. The molecule has 1 heterocycles. The Morgan fingerprint density at radius 2 is 2.16 bits per heavy atom. The van der Waals surface area contributed by atoms with E-state index in [1.807, 2.05) is 0 Å². The number of aryl methyl sites for hydroxylation is 1. The van der Waals surface area contributed by atoms with Crippen molar-refractivity contribution in [2.24, 2.45) is 11.1 Å². The third-order valence-electron chi connectivity index (χ3n) is 3.70. The first-order chi connectivity index (χ1) is 9.07. The van der Waals surface area contributed by atoms with Gasteiger partial charge in [-0.25, -0.2) is 4.39 Å². The van der Waals surface area contributed by atoms with Gasteiger partial charge in [0.15, 0.2) is 0 Å². The molecule has 1 aliphatic heterocycles. The molecule has 19 heavy (non-hydrogen) atoms. The van der Waals surface area contributed by atoms with E-state index in [2.05, 4.69) is 5.32 Å². The quantitative estimate of drug-likeness (QED) is 0.877. The van der Waals surface area contributed by atoms with Crippen molar-refractivity contribution in [3.63, 3.8) is 0 Å². The third-order valence-corrected chi connectivity index (χ3v) is 3.70. The Hall–Kier alpha value is -1.46. The molecule has 0 aliphatic carbocycles. The van der Waals surface area contributed by atoms with Crippen LogP contribution in [0.25, 0.3) is 0 Å². The first-order valence-corrected chi connectivity index (χ1v) is 6.43. The fraction of sp³-hybridized carbons (Fsp3) is 0.500. The Bertz CT molecular complexity index is 471. The van der Waals surface area contributed by atoms with Gasteiger partial charge in [0.25, 0.3) is 0 Å². The molecule has 0 radical (unpaired) electrons. The van der Waals surface area contributed by atoms with Crippen molar-refractivity contribution in [2.75, 3.05) is 25.1 Å². The van der Waals surface area contributed by atoms with E-state index < -0.39 is 11.2 Å². The van der Waals surface area contributed by atoms with E-state index in [1.54, 1.807) is 19.1 Å². The highest BCUT2D eigenvalue weighted by molar-refractivity contribution is 5.95. The molecule has 1 fully saturated rings. The topological polar surface area (TPSA) is 64.4 Å². The van der Waals surface area contributed by atoms with E-state index in [0.717, 1.165) is 5.56 Å². The van der Waals surface area contributed by atoms with Gasteiger partial charge in [-0.3, -0.25) is 4.79 Å². The number of benzene rings is 1. The highest BCUT2D eigenvalue weighted by Gasteiger charge is 2.39. The molecule has 5 heteroatoms. The van der Waals surface area contributed by atoms with Gasteiger partial charge >= 0.3 is 0 Å². The second kappa shape index (κ2) is 5.67. The lowest BCUT2D eigenvalue weighted by molar-refractivity contribution is -0.130. The molecule has 3 N–H and O–H groups in total. The van der Waals surface area contributed by atoms with Crippen LogP contribution in [0, 0.1) is 18.2 Å². The van der Waals surface area contributed by atoms with Crippen molar-refractivity contribution in [3.05, 3.63) is 29.6 Å². The molecule has 104 valence electrons. The standard InChI is InChI=1S/C14H19FN2O2/c1-10-2-3-12(11(15)8-10)17-13(18)14(9-16)4-6-19-7-5-14/h2-3,8H,4-7,9,16H2,1H3,(H,17,18). The molecule has 1 aromatic carbocycles. The van der Waals surface area contributed by atoms with Gasteiger partial charge in [-0.1, -0.05) is 6.07 Å². The summed E-state index contributed by atoms with van der Waals surface area (Å²) in [5.41, 5.74) is 6.12. The smallest absolute Gasteiger partial charge is 0.232 e. The number of nitrogens with one attached hydrogen (secondary N) is 1. The van der Waals surface area contributed by atoms with Crippen LogP contribution >= 0.6 is 0 Å². The van der Waals surface area contributed by atoms with Gasteiger partial charge in [0.2, 0.25) is 5.91 Å². The van der Waals surface area contributed by atoms with E-state index in [1.165, 1.54) is 6.07 Å². The van der Waals surface area contributed by atoms with Gasteiger partial charge in [0.1, 0.15) is 5.82 Å². The second-order valence-electron chi connectivity index (χ2n) is 5.03. The highest BCUT2D eigenvalue weighted by Crippen LogP contribution is 2.31. The number of amides is 1. The van der Waals surface area contributed by atoms with Crippen LogP contribution in [0.5, 0.6) is 0 Å². The summed E-state index contributed by atoms with van der Waals surface area (Å²) in [5, 5.41) is 2.65. The van der Waals surface area contributed by atoms with E-state index >= 15 is 0 Å². The Labute approximate surface area is 112 Å². The first kappa shape index (κ1) is 14.0. The summed E-state index contributed by atoms with van der Waals surface area (Å²) in [6.07, 6.45) is 1.14. The zero-order valence-corrected chi connectivity index (χ0v) is 11.0. The van der Waals surface area contributed by atoms with Gasteiger partial charge in [0.05, 0.1) is 11.1 Å². The number of halogens is 1. The van der Waals surface area contributed by atoms with Gasteiger partial charge in [-0.2, -0.15) is 0 Å². The molecule has 0 spiro atoms. The molecule has 2 rings (SSSR count). The largest absolute Gasteiger partial charge is 0.381 e. The van der Waals surface area contributed by atoms with Gasteiger partial charge in [-0.05, 0) is 37.5 Å². The average Bonchev–Trinajstić information content (AvgIpc) is 2.42. The van der Waals surface area contributed by atoms with Crippen LogP contribution < -0.4 is 11.1 Å². The molecule has 0 bridgehead atoms. The van der Waals surface area contributed by atoms with E-state index in [9.17, 15) is 9.18 Å². The number of anilines is 1. The molecule has 0 aromatic heterocycles. The van der Waals surface area contributed by atoms with Crippen molar-refractivity contribution < 1.29 is 13.9 Å². The zero-order valence-electron chi connectivity index (χ0n) is 11.0. The Kier molecular flexibility index (Phi) is 4.17. The lowest BCUT2D eigenvalue weighted by atomic mass is 9.79. The molecule has 1 aromatic rings. The van der Waals surface area contributed by atoms with E-state index in [0.29, 0.717) is 26.1 Å². The van der Waals surface area contributed by atoms with Gasteiger partial charge < -0.3 is 15.8 Å². The normalized spacial score (nSPS) is 18.1. The number of hydrogen-bond donors (Lipinski definition) is 2. The molecule has 0 atom stereocenters. The maximum atomic E-state index is 13.7. The van der Waals surface area contributed by atoms with Gasteiger partial charge in [-0.15, -0.1) is 0 Å². The fourth-order valence-electron chi connectivity index (χ4n) is 2.26. The Morgan fingerprint density at radius 1 is 1.47 bits per heavy atom. The molecule has 1 aliphatic rings. The van der Waals surface area contributed by atoms with Crippen LogP contribution in [0.1, 0.15) is 18.4 Å². The van der Waals surface area contributed by atoms with Crippen LogP contribution in [0.4, 0.5) is 10.1 Å². The molecular weight excluding hydrogens is 247 g/mol. The van der Waals surface area contributed by atoms with Crippen LogP contribution in [0.2, 0.25) is 0 Å². The van der Waals surface area contributed by atoms with Crippen LogP contribution in [0.15, 0.2) is 18.2 Å². The van der Waals surface area contributed by atoms with E-state index in [4.69, 9.17) is 10.5 Å². The van der Waals surface area contributed by atoms with Crippen LogP contribution in [-0.2, 0) is 9.53 Å². The molecule has 0 unspecified atom stereocenters. The summed E-state index contributed by atoms with van der Waals surface area (Å²) < 4.78 is 19.0. The maximum Gasteiger partial charge on any atom is 0.232 e. The monoisotopic (exact) mass is 266 g/mol. The minimum atomic E-state index is -0.643. The molecule has 1 amide bonds. The first-order valence-electron chi connectivity index (χ1n) is 6.43. The summed E-state index contributed by atoms with van der Waals surface area (Å²) in [6, 6.07) is 4.73. The molecule has 0 saturated carbocycles. The summed E-state index contributed by atoms with van der Waals surface area (Å²) in [6.45, 7) is 3.08. The fourth-order valence-corrected chi connectivity index (χ4v) is 2.26. The lowest BCUT2D eigenvalue weighted by Gasteiger charge is -2.34. The van der Waals surface area contributed by atoms with Crippen LogP contribution in [-0.4, -0.2) is 25.7 Å². The minimum Gasteiger partial charge on any atom is -0.381 e. The van der Waals surface area contributed by atoms with Crippen molar-refractivity contribution >= 4 is 11.6 Å². The van der Waals surface area contributed by atoms with E-state index in [-0.39, 0.29) is 18.1 Å². The molecular formula is C14H19FN2O2. The predicted molar refractivity (Wildman–Crippen MR) is 71.3 cm³/mol. The zero-order chi connectivity index (χ0) is 13.9. The predicted octanol–water partition coefficient (Wildman–Crippen LogP) is 1.83. The second-order valence-corrected chi connectivity index (χ2v) is 5.03. The van der Waals surface area contributed by atoms with Crippen molar-refractivity contribution in [3.8, 4) is 0 Å². The van der Waals surface area contributed by atoms with Crippen LogP contribution in [0.3, 0.4) is 0 Å². The Balaban J connectivity index is 2.15. The summed E-state index contributed by atoms with van der Waals surface area (Å²) >= 11 is 0. The molecule has 4 nitrogen and oxygen atoms in total. The highest BCUT2D eigenvalue weighted by atomic mass is 19.1. The average molecular weight is 266 g/mol. The van der Waals surface area contributed by atoms with Crippen molar-refractivity contribution in [2.45, 2.75) is 19.8 Å². The lowest BCUT2D eigenvalue weighted by Crippen LogP contribution is -2.46. The van der Waals surface area contributed by atoms with Crippen molar-refractivity contribution in [1.29, 1.82) is 0 Å². The number of hydrogen-bond acceptors (Lipinski definition) is 3. The number of carbonyl (C=O) groups is 1. The maximum absolute atomic E-state index is 13.7. The Morgan fingerprint density at radius 3 is 2.74 bits per heavy atom. The summed E-state index contributed by atoms with van der Waals surface area (Å²) in [4.78, 5) is 12.3. The number of carbonyl (C=O) groups excluding carboxylic acids is 1. The van der Waals surface area contributed by atoms with Gasteiger partial charge in [0, 0.05) is 19.8 Å². The summed E-state index contributed by atoms with van der Waals surface area (Å²) in [7, 11) is 0. The minimum absolute atomic E-state index is 0.204. The summed E-state index contributed by atoms with van der Waals surface area (Å²) in [5.74, 6) is -0.645. The van der Waals surface area contributed by atoms with Crippen molar-refractivity contribution in [1.82, 2.24) is 0 Å². The SMILES string of the molecule is Cc1ccc(NC(=O)C2(CN)CCOCC2)c(F)c1. The molecule has 1 saturated heterocycles. The third kappa shape index (κ3) is 2.93. The number of rotatable bonds is 3. The number of ether oxygens (including phenoxy) is 1.